The van der Waals surface area contributed by atoms with E-state index in [0.717, 1.165) is 0 Å². The van der Waals surface area contributed by atoms with Gasteiger partial charge < -0.3 is 19.5 Å². The third-order valence-electron chi connectivity index (χ3n) is 4.79. The van der Waals surface area contributed by atoms with Crippen LogP contribution in [0.15, 0.2) is 72.8 Å². The van der Waals surface area contributed by atoms with E-state index in [2.05, 4.69) is 16.2 Å². The van der Waals surface area contributed by atoms with Gasteiger partial charge in [0.2, 0.25) is 5.91 Å². The lowest BCUT2D eigenvalue weighted by molar-refractivity contribution is -0.149. The van der Waals surface area contributed by atoms with Crippen molar-refractivity contribution in [1.82, 2.24) is 10.9 Å². The van der Waals surface area contributed by atoms with Gasteiger partial charge >= 0.3 is 5.97 Å². The number of ether oxygens (including phenoxy) is 3. The van der Waals surface area contributed by atoms with Crippen molar-refractivity contribution in [2.75, 3.05) is 19.0 Å². The highest BCUT2D eigenvalue weighted by Crippen LogP contribution is 2.31. The summed E-state index contributed by atoms with van der Waals surface area (Å²) < 4.78 is 15.9. The molecule has 0 aromatic heterocycles. The number of hydrogen-bond acceptors (Lipinski definition) is 7. The van der Waals surface area contributed by atoms with Gasteiger partial charge in [-0.1, -0.05) is 35.9 Å². The second-order valence-corrected chi connectivity index (χ2v) is 7.88. The Balaban J connectivity index is 1.35. The summed E-state index contributed by atoms with van der Waals surface area (Å²) in [5.41, 5.74) is 4.97. The van der Waals surface area contributed by atoms with Crippen molar-refractivity contribution in [3.8, 4) is 17.2 Å². The first kappa shape index (κ1) is 27.0. The third-order valence-corrected chi connectivity index (χ3v) is 5.12. The number of halogens is 1. The number of esters is 1. The molecule has 0 radical (unpaired) electrons. The van der Waals surface area contributed by atoms with Gasteiger partial charge in [0.15, 0.2) is 18.1 Å². The Morgan fingerprint density at radius 3 is 2.16 bits per heavy atom. The third kappa shape index (κ3) is 8.55. The summed E-state index contributed by atoms with van der Waals surface area (Å²) in [6, 6.07) is 20.2. The number of hydrazine groups is 1. The summed E-state index contributed by atoms with van der Waals surface area (Å²) in [5, 5.41) is 2.88. The van der Waals surface area contributed by atoms with Crippen LogP contribution in [0.25, 0.3) is 0 Å². The topological polar surface area (TPSA) is 132 Å². The zero-order chi connectivity index (χ0) is 26.6. The number of carbonyl (C=O) groups is 4. The van der Waals surface area contributed by atoms with Gasteiger partial charge in [-0.05, 0) is 48.5 Å². The molecule has 192 valence electrons. The van der Waals surface area contributed by atoms with E-state index in [9.17, 15) is 19.2 Å². The van der Waals surface area contributed by atoms with Crippen LogP contribution in [0.1, 0.15) is 23.2 Å². The van der Waals surface area contributed by atoms with Crippen LogP contribution in [0.2, 0.25) is 5.02 Å². The van der Waals surface area contributed by atoms with Crippen LogP contribution in [0.4, 0.5) is 5.69 Å². The second-order valence-electron chi connectivity index (χ2n) is 7.47. The predicted octanol–water partition coefficient (Wildman–Crippen LogP) is 3.86. The second kappa shape index (κ2) is 13.5. The molecule has 0 heterocycles. The SMILES string of the molecule is COc1ccccc1Oc1ccc(NC(=O)CCC(=O)OCC(=O)NNC(=O)c2ccccc2Cl)cc1. The van der Waals surface area contributed by atoms with E-state index in [1.54, 1.807) is 55.6 Å². The fraction of sp³-hybridized carbons (Fsp3) is 0.154. The standard InChI is InChI=1S/C26H24ClN3O7/c1-35-21-8-4-5-9-22(21)37-18-12-10-17(11-13-18)28-23(31)14-15-25(33)36-16-24(32)29-30-26(34)19-6-2-3-7-20(19)27/h2-13H,14-16H2,1H3,(H,28,31)(H,29,32)(H,30,34). The molecule has 3 aromatic rings. The van der Waals surface area contributed by atoms with Gasteiger partial charge in [0, 0.05) is 12.1 Å². The summed E-state index contributed by atoms with van der Waals surface area (Å²) in [6.07, 6.45) is -0.386. The largest absolute Gasteiger partial charge is 0.493 e. The number of anilines is 1. The average molecular weight is 526 g/mol. The van der Waals surface area contributed by atoms with Crippen molar-refractivity contribution in [3.05, 3.63) is 83.4 Å². The molecule has 0 fully saturated rings. The van der Waals surface area contributed by atoms with Crippen LogP contribution in [0.3, 0.4) is 0 Å². The number of carbonyl (C=O) groups excluding carboxylic acids is 4. The number of benzene rings is 3. The summed E-state index contributed by atoms with van der Waals surface area (Å²) in [6.45, 7) is -0.628. The molecule has 0 saturated heterocycles. The first-order chi connectivity index (χ1) is 17.9. The van der Waals surface area contributed by atoms with E-state index in [-0.39, 0.29) is 23.4 Å². The van der Waals surface area contributed by atoms with Crippen LogP contribution < -0.4 is 25.6 Å². The van der Waals surface area contributed by atoms with E-state index >= 15 is 0 Å². The van der Waals surface area contributed by atoms with Crippen LogP contribution in [0.5, 0.6) is 17.2 Å². The molecule has 37 heavy (non-hydrogen) atoms. The van der Waals surface area contributed by atoms with E-state index < -0.39 is 30.3 Å². The number of para-hydroxylation sites is 2. The van der Waals surface area contributed by atoms with Gasteiger partial charge in [-0.3, -0.25) is 30.0 Å². The van der Waals surface area contributed by atoms with Crippen LogP contribution >= 0.6 is 11.6 Å². The van der Waals surface area contributed by atoms with Gasteiger partial charge in [0.25, 0.3) is 11.8 Å². The Hall–Kier alpha value is -4.57. The molecule has 0 spiro atoms. The molecule has 3 aromatic carbocycles. The molecule has 0 bridgehead atoms. The zero-order valence-electron chi connectivity index (χ0n) is 19.8. The van der Waals surface area contributed by atoms with Crippen molar-refractivity contribution in [1.29, 1.82) is 0 Å². The Kier molecular flexibility index (Phi) is 9.86. The molecule has 11 heteroatoms. The molecular weight excluding hydrogens is 502 g/mol. The molecule has 3 rings (SSSR count). The quantitative estimate of drug-likeness (QED) is 0.270. The first-order valence-corrected chi connectivity index (χ1v) is 11.4. The van der Waals surface area contributed by atoms with Crippen molar-refractivity contribution >= 4 is 41.0 Å². The first-order valence-electron chi connectivity index (χ1n) is 11.1. The highest BCUT2D eigenvalue weighted by atomic mass is 35.5. The van der Waals surface area contributed by atoms with Gasteiger partial charge in [-0.25, -0.2) is 0 Å². The molecular formula is C26H24ClN3O7. The highest BCUT2D eigenvalue weighted by Gasteiger charge is 2.13. The molecule has 0 saturated carbocycles. The fourth-order valence-electron chi connectivity index (χ4n) is 2.97. The summed E-state index contributed by atoms with van der Waals surface area (Å²) in [5.74, 6) is -0.847. The lowest BCUT2D eigenvalue weighted by Gasteiger charge is -2.11. The Morgan fingerprint density at radius 2 is 1.46 bits per heavy atom. The maximum atomic E-state index is 12.1. The molecule has 0 unspecified atom stereocenters. The van der Waals surface area contributed by atoms with E-state index in [0.29, 0.717) is 22.9 Å². The molecule has 0 aliphatic rings. The normalized spacial score (nSPS) is 10.1. The molecule has 10 nitrogen and oxygen atoms in total. The maximum absolute atomic E-state index is 12.1. The van der Waals surface area contributed by atoms with E-state index in [1.165, 1.54) is 12.1 Å². The maximum Gasteiger partial charge on any atom is 0.306 e. The van der Waals surface area contributed by atoms with E-state index in [4.69, 9.17) is 25.8 Å². The van der Waals surface area contributed by atoms with E-state index in [1.807, 2.05) is 12.1 Å². The fourth-order valence-corrected chi connectivity index (χ4v) is 3.19. The van der Waals surface area contributed by atoms with Crippen LogP contribution in [-0.2, 0) is 19.1 Å². The Labute approximate surface area is 217 Å². The lowest BCUT2D eigenvalue weighted by atomic mass is 10.2. The molecule has 0 atom stereocenters. The zero-order valence-corrected chi connectivity index (χ0v) is 20.5. The minimum Gasteiger partial charge on any atom is -0.493 e. The summed E-state index contributed by atoms with van der Waals surface area (Å²) >= 11 is 5.91. The van der Waals surface area contributed by atoms with Gasteiger partial charge in [-0.2, -0.15) is 0 Å². The number of rotatable bonds is 10. The monoisotopic (exact) mass is 525 g/mol. The number of nitrogens with one attached hydrogen (secondary N) is 3. The van der Waals surface area contributed by atoms with Crippen molar-refractivity contribution in [2.24, 2.45) is 0 Å². The van der Waals surface area contributed by atoms with Crippen molar-refractivity contribution in [3.63, 3.8) is 0 Å². The molecule has 3 N–H and O–H groups in total. The van der Waals surface area contributed by atoms with Crippen molar-refractivity contribution in [2.45, 2.75) is 12.8 Å². The highest BCUT2D eigenvalue weighted by molar-refractivity contribution is 6.33. The number of methoxy groups -OCH3 is 1. The predicted molar refractivity (Wildman–Crippen MR) is 135 cm³/mol. The summed E-state index contributed by atoms with van der Waals surface area (Å²) in [4.78, 5) is 47.8. The van der Waals surface area contributed by atoms with Crippen LogP contribution in [-0.4, -0.2) is 37.4 Å². The van der Waals surface area contributed by atoms with Gasteiger partial charge in [0.05, 0.1) is 24.1 Å². The average Bonchev–Trinajstić information content (AvgIpc) is 2.91. The molecule has 0 aliphatic heterocycles. The Morgan fingerprint density at radius 1 is 0.784 bits per heavy atom. The lowest BCUT2D eigenvalue weighted by Crippen LogP contribution is -2.43. The van der Waals surface area contributed by atoms with Crippen molar-refractivity contribution < 1.29 is 33.4 Å². The van der Waals surface area contributed by atoms with Gasteiger partial charge in [-0.15, -0.1) is 0 Å². The number of hydrogen-bond donors (Lipinski definition) is 3. The molecule has 3 amide bonds. The van der Waals surface area contributed by atoms with Gasteiger partial charge in [0.1, 0.15) is 5.75 Å². The molecule has 0 aliphatic carbocycles. The smallest absolute Gasteiger partial charge is 0.306 e. The number of amides is 3. The minimum atomic E-state index is -0.756. The Bertz CT molecular complexity index is 1270. The van der Waals surface area contributed by atoms with Crippen LogP contribution in [0, 0.1) is 0 Å². The summed E-state index contributed by atoms with van der Waals surface area (Å²) in [7, 11) is 1.55. The minimum absolute atomic E-state index is 0.150.